The van der Waals surface area contributed by atoms with Crippen LogP contribution in [-0.4, -0.2) is 23.9 Å². The minimum Gasteiger partial charge on any atom is -0.444 e. The molecular formula is C17H28FNO2. The second-order valence-corrected chi connectivity index (χ2v) is 9.36. The van der Waals surface area contributed by atoms with Gasteiger partial charge in [0.1, 0.15) is 5.60 Å². The Labute approximate surface area is 127 Å². The van der Waals surface area contributed by atoms with Gasteiger partial charge < -0.3 is 10.1 Å². The van der Waals surface area contributed by atoms with Gasteiger partial charge in [-0.25, -0.2) is 4.79 Å². The molecule has 3 nitrogen and oxygen atoms in total. The first-order valence-corrected chi connectivity index (χ1v) is 8.14. The molecule has 0 saturated heterocycles. The normalized spacial score (nSPS) is 44.7. The van der Waals surface area contributed by atoms with E-state index < -0.39 is 5.60 Å². The lowest BCUT2D eigenvalue weighted by Crippen LogP contribution is -2.66. The van der Waals surface area contributed by atoms with Gasteiger partial charge in [0.05, 0.1) is 6.67 Å². The molecule has 4 aliphatic rings. The monoisotopic (exact) mass is 296 g/mol. The molecule has 4 heteroatoms. The van der Waals surface area contributed by atoms with Crippen LogP contribution in [0.15, 0.2) is 0 Å². The highest BCUT2D eigenvalue weighted by atomic mass is 18.2. The zero-order chi connectivity index (χ0) is 15.5. The quantitative estimate of drug-likeness (QED) is 0.829. The third-order valence-corrected chi connectivity index (χ3v) is 5.51. The number of alkyl halides is 1. The van der Waals surface area contributed by atoms with Gasteiger partial charge >= 0.3 is 6.09 Å². The van der Waals surface area contributed by atoms with E-state index in [-0.39, 0.29) is 29.1 Å². The van der Waals surface area contributed by atoms with Crippen molar-refractivity contribution in [1.82, 2.24) is 5.32 Å². The van der Waals surface area contributed by atoms with E-state index in [1.807, 2.05) is 20.8 Å². The van der Waals surface area contributed by atoms with Gasteiger partial charge in [-0.2, -0.15) is 0 Å². The molecule has 4 fully saturated rings. The fraction of sp³-hybridized carbons (Fsp3) is 0.941. The fourth-order valence-corrected chi connectivity index (χ4v) is 5.95. The number of hydrogen-bond acceptors (Lipinski definition) is 2. The van der Waals surface area contributed by atoms with Crippen LogP contribution in [0.5, 0.6) is 0 Å². The molecule has 4 atom stereocenters. The standard InChI is InChI=1S/C17H28FNO2/c1-14(2,3)21-13(20)19-17-7-12-5-15(4,9-17)8-16(6-12,10-17)11-18/h12H,5-11H2,1-4H3,(H,19,20)/t12-,15+,16+,17-/m0/s1/i18-1. The molecule has 4 bridgehead atoms. The topological polar surface area (TPSA) is 38.3 Å². The van der Waals surface area contributed by atoms with Gasteiger partial charge in [-0.15, -0.1) is 0 Å². The number of halogens is 1. The summed E-state index contributed by atoms with van der Waals surface area (Å²) in [5.74, 6) is 0.553. The van der Waals surface area contributed by atoms with E-state index in [0.717, 1.165) is 32.1 Å². The molecule has 0 radical (unpaired) electrons. The summed E-state index contributed by atoms with van der Waals surface area (Å²) in [6.45, 7) is 7.63. The molecule has 1 amide bonds. The van der Waals surface area contributed by atoms with E-state index >= 15 is 0 Å². The lowest BCUT2D eigenvalue weighted by atomic mass is 9.42. The van der Waals surface area contributed by atoms with Gasteiger partial charge in [0.25, 0.3) is 0 Å². The highest BCUT2D eigenvalue weighted by molar-refractivity contribution is 5.69. The summed E-state index contributed by atoms with van der Waals surface area (Å²) in [6.07, 6.45) is 5.55. The van der Waals surface area contributed by atoms with Gasteiger partial charge in [0, 0.05) is 11.0 Å². The van der Waals surface area contributed by atoms with Crippen LogP contribution in [0.1, 0.15) is 66.2 Å². The van der Waals surface area contributed by atoms with Crippen LogP contribution in [0.3, 0.4) is 0 Å². The Morgan fingerprint density at radius 1 is 1.24 bits per heavy atom. The summed E-state index contributed by atoms with van der Waals surface area (Å²) in [5.41, 5.74) is -0.764. The van der Waals surface area contributed by atoms with Gasteiger partial charge in [0.2, 0.25) is 0 Å². The summed E-state index contributed by atoms with van der Waals surface area (Å²) < 4.78 is 19.2. The van der Waals surface area contributed by atoms with Gasteiger partial charge in [-0.1, -0.05) is 6.92 Å². The lowest BCUT2D eigenvalue weighted by Gasteiger charge is -2.65. The molecule has 0 aromatic rings. The Morgan fingerprint density at radius 2 is 1.95 bits per heavy atom. The summed E-state index contributed by atoms with van der Waals surface area (Å²) in [7, 11) is 0. The first-order chi connectivity index (χ1) is 9.57. The molecule has 0 unspecified atom stereocenters. The number of carbonyl (C=O) groups excluding carboxylic acids is 1. The number of rotatable bonds is 2. The largest absolute Gasteiger partial charge is 0.444 e. The molecule has 1 N–H and O–H groups in total. The van der Waals surface area contributed by atoms with E-state index in [4.69, 9.17) is 4.74 Å². The number of hydrogen-bond donors (Lipinski definition) is 1. The van der Waals surface area contributed by atoms with Crippen LogP contribution in [0.25, 0.3) is 0 Å². The van der Waals surface area contributed by atoms with Crippen molar-refractivity contribution < 1.29 is 13.9 Å². The Hall–Kier alpha value is -0.800. The van der Waals surface area contributed by atoms with Gasteiger partial charge in [0.15, 0.2) is 0 Å². The predicted molar refractivity (Wildman–Crippen MR) is 79.8 cm³/mol. The average molecular weight is 296 g/mol. The molecule has 0 aromatic heterocycles. The molecule has 0 aliphatic heterocycles. The SMILES string of the molecule is CC(C)(C)OC(=O)N[C@]12C[C@H]3C[C@](C)(C[C@](C[18F])(C3)C1)C2. The van der Waals surface area contributed by atoms with E-state index in [9.17, 15) is 9.18 Å². The molecule has 0 heterocycles. The van der Waals surface area contributed by atoms with Crippen molar-refractivity contribution in [1.29, 1.82) is 0 Å². The molecule has 0 spiro atoms. The molecule has 4 saturated carbocycles. The van der Waals surface area contributed by atoms with Crippen LogP contribution in [-0.2, 0) is 4.74 Å². The smallest absolute Gasteiger partial charge is 0.408 e. The highest BCUT2D eigenvalue weighted by Crippen LogP contribution is 2.66. The molecule has 0 aromatic carbocycles. The number of carbonyl (C=O) groups is 1. The number of amides is 1. The third-order valence-electron chi connectivity index (χ3n) is 5.51. The van der Waals surface area contributed by atoms with E-state index in [1.165, 1.54) is 6.42 Å². The summed E-state index contributed by atoms with van der Waals surface area (Å²) >= 11 is 0. The van der Waals surface area contributed by atoms with Gasteiger partial charge in [-0.05, 0) is 70.6 Å². The highest BCUT2D eigenvalue weighted by Gasteiger charge is 2.62. The van der Waals surface area contributed by atoms with Crippen molar-refractivity contribution in [3.05, 3.63) is 0 Å². The van der Waals surface area contributed by atoms with Crippen molar-refractivity contribution >= 4 is 6.09 Å². The van der Waals surface area contributed by atoms with Gasteiger partial charge in [-0.3, -0.25) is 4.39 Å². The Balaban J connectivity index is 1.80. The van der Waals surface area contributed by atoms with Crippen molar-refractivity contribution in [3.63, 3.8) is 0 Å². The summed E-state index contributed by atoms with van der Waals surface area (Å²) in [6, 6.07) is 0. The van der Waals surface area contributed by atoms with E-state index in [1.54, 1.807) is 0 Å². The average Bonchev–Trinajstić information content (AvgIpc) is 2.21. The minimum absolute atomic E-state index is 0.181. The zero-order valence-corrected chi connectivity index (χ0v) is 13.7. The Morgan fingerprint density at radius 3 is 2.52 bits per heavy atom. The first kappa shape index (κ1) is 15.1. The Bertz CT molecular complexity index is 460. The molecule has 120 valence electrons. The molecule has 4 rings (SSSR count). The van der Waals surface area contributed by atoms with Crippen molar-refractivity contribution in [2.45, 2.75) is 77.4 Å². The van der Waals surface area contributed by atoms with Crippen LogP contribution < -0.4 is 5.32 Å². The lowest BCUT2D eigenvalue weighted by molar-refractivity contribution is -0.132. The zero-order valence-electron chi connectivity index (χ0n) is 13.7. The fourth-order valence-electron chi connectivity index (χ4n) is 5.95. The van der Waals surface area contributed by atoms with Crippen LogP contribution in [0, 0.1) is 16.7 Å². The summed E-state index contributed by atoms with van der Waals surface area (Å²) in [4.78, 5) is 12.2. The van der Waals surface area contributed by atoms with Crippen LogP contribution in [0.4, 0.5) is 9.18 Å². The van der Waals surface area contributed by atoms with Crippen molar-refractivity contribution in [2.24, 2.45) is 16.7 Å². The maximum atomic E-state index is 13.7. The molecule has 4 aliphatic carbocycles. The number of nitrogens with one attached hydrogen (secondary N) is 1. The number of ether oxygens (including phenoxy) is 1. The number of alkyl carbamates (subject to hydrolysis) is 1. The summed E-state index contributed by atoms with van der Waals surface area (Å²) in [5, 5.41) is 3.14. The second-order valence-electron chi connectivity index (χ2n) is 9.36. The maximum Gasteiger partial charge on any atom is 0.408 e. The predicted octanol–water partition coefficient (Wildman–Crippen LogP) is 4.21. The second kappa shape index (κ2) is 4.36. The van der Waals surface area contributed by atoms with E-state index in [0.29, 0.717) is 5.92 Å². The van der Waals surface area contributed by atoms with Crippen LogP contribution in [0.2, 0.25) is 0 Å². The van der Waals surface area contributed by atoms with E-state index in [2.05, 4.69) is 12.2 Å². The third kappa shape index (κ3) is 2.78. The molecular weight excluding hydrogens is 268 g/mol. The maximum absolute atomic E-state index is 13.7. The minimum atomic E-state index is -0.492. The van der Waals surface area contributed by atoms with Crippen LogP contribution >= 0.6 is 0 Å². The van der Waals surface area contributed by atoms with Crippen molar-refractivity contribution in [3.8, 4) is 0 Å². The Kier molecular flexibility index (Phi) is 3.14. The van der Waals surface area contributed by atoms with Crippen molar-refractivity contribution in [2.75, 3.05) is 6.67 Å². The first-order valence-electron chi connectivity index (χ1n) is 8.14. The molecule has 21 heavy (non-hydrogen) atoms.